The Bertz CT molecular complexity index is 74.9. The van der Waals surface area contributed by atoms with Crippen molar-refractivity contribution < 1.29 is 0 Å². The van der Waals surface area contributed by atoms with Crippen LogP contribution in [0.1, 0.15) is 19.3 Å². The largest absolute Gasteiger partial charge is 0.327 e. The van der Waals surface area contributed by atoms with Crippen LogP contribution in [-0.2, 0) is 0 Å². The van der Waals surface area contributed by atoms with Crippen molar-refractivity contribution in [2.75, 3.05) is 5.33 Å². The van der Waals surface area contributed by atoms with Crippen molar-refractivity contribution in [3.05, 3.63) is 0 Å². The predicted molar refractivity (Wildman–Crippen MR) is 39.1 cm³/mol. The van der Waals surface area contributed by atoms with E-state index in [1.165, 1.54) is 19.3 Å². The Kier molecular flexibility index (Phi) is 2.32. The molecule has 0 radical (unpaired) electrons. The minimum Gasteiger partial charge on any atom is -0.327 e. The van der Waals surface area contributed by atoms with Gasteiger partial charge in [0.05, 0.1) is 0 Å². The standard InChI is InChI=1S/C6H12BrN/c7-4-5-2-1-3-6(5)8/h5-6H,1-4,8H2. The molecule has 2 N–H and O–H groups in total. The molecular weight excluding hydrogens is 166 g/mol. The Hall–Kier alpha value is 0.440. The predicted octanol–water partition coefficient (Wildman–Crippen LogP) is 1.51. The zero-order chi connectivity index (χ0) is 5.98. The zero-order valence-electron chi connectivity index (χ0n) is 4.94. The first-order valence-corrected chi connectivity index (χ1v) is 4.28. The van der Waals surface area contributed by atoms with Gasteiger partial charge < -0.3 is 5.73 Å². The van der Waals surface area contributed by atoms with Gasteiger partial charge in [0, 0.05) is 11.4 Å². The zero-order valence-corrected chi connectivity index (χ0v) is 6.52. The lowest BCUT2D eigenvalue weighted by atomic mass is 10.1. The van der Waals surface area contributed by atoms with Gasteiger partial charge in [-0.3, -0.25) is 0 Å². The molecule has 0 bridgehead atoms. The summed E-state index contributed by atoms with van der Waals surface area (Å²) in [6, 6.07) is 0.481. The number of alkyl halides is 1. The van der Waals surface area contributed by atoms with Gasteiger partial charge in [-0.25, -0.2) is 0 Å². The van der Waals surface area contributed by atoms with Crippen LogP contribution in [0.3, 0.4) is 0 Å². The van der Waals surface area contributed by atoms with E-state index in [4.69, 9.17) is 5.73 Å². The first-order valence-electron chi connectivity index (χ1n) is 3.16. The van der Waals surface area contributed by atoms with Gasteiger partial charge in [-0.15, -0.1) is 0 Å². The van der Waals surface area contributed by atoms with Gasteiger partial charge in [-0.2, -0.15) is 0 Å². The molecule has 48 valence electrons. The summed E-state index contributed by atoms with van der Waals surface area (Å²) in [6.07, 6.45) is 3.89. The van der Waals surface area contributed by atoms with Crippen molar-refractivity contribution in [3.63, 3.8) is 0 Å². The lowest BCUT2D eigenvalue weighted by Gasteiger charge is -2.09. The highest BCUT2D eigenvalue weighted by atomic mass is 79.9. The maximum Gasteiger partial charge on any atom is 0.00751 e. The SMILES string of the molecule is NC1CCCC1CBr. The minimum atomic E-state index is 0.481. The maximum absolute atomic E-state index is 5.76. The highest BCUT2D eigenvalue weighted by Gasteiger charge is 2.21. The molecule has 1 fully saturated rings. The third-order valence-corrected chi connectivity index (χ3v) is 2.75. The van der Waals surface area contributed by atoms with Crippen LogP contribution >= 0.6 is 15.9 Å². The average Bonchev–Trinajstić information content (AvgIpc) is 2.14. The fourth-order valence-corrected chi connectivity index (χ4v) is 2.06. The van der Waals surface area contributed by atoms with Crippen LogP contribution in [0.25, 0.3) is 0 Å². The van der Waals surface area contributed by atoms with Crippen molar-refractivity contribution in [1.29, 1.82) is 0 Å². The molecule has 0 heterocycles. The van der Waals surface area contributed by atoms with E-state index in [2.05, 4.69) is 15.9 Å². The minimum absolute atomic E-state index is 0.481. The quantitative estimate of drug-likeness (QED) is 0.605. The normalized spacial score (nSPS) is 38.2. The first kappa shape index (κ1) is 6.56. The molecule has 1 rings (SSSR count). The first-order chi connectivity index (χ1) is 3.84. The summed E-state index contributed by atoms with van der Waals surface area (Å²) in [5.41, 5.74) is 5.76. The van der Waals surface area contributed by atoms with Crippen LogP contribution in [0.15, 0.2) is 0 Å². The molecule has 1 saturated carbocycles. The summed E-state index contributed by atoms with van der Waals surface area (Å²) >= 11 is 3.44. The highest BCUT2D eigenvalue weighted by Crippen LogP contribution is 2.24. The second-order valence-corrected chi connectivity index (χ2v) is 3.16. The van der Waals surface area contributed by atoms with Crippen LogP contribution in [0.4, 0.5) is 0 Å². The summed E-state index contributed by atoms with van der Waals surface area (Å²) in [4.78, 5) is 0. The molecule has 0 saturated heterocycles. The summed E-state index contributed by atoms with van der Waals surface area (Å²) < 4.78 is 0. The smallest absolute Gasteiger partial charge is 0.00751 e. The number of hydrogen-bond donors (Lipinski definition) is 1. The van der Waals surface area contributed by atoms with Crippen LogP contribution in [-0.4, -0.2) is 11.4 Å². The van der Waals surface area contributed by atoms with Crippen molar-refractivity contribution in [3.8, 4) is 0 Å². The van der Waals surface area contributed by atoms with Gasteiger partial charge >= 0.3 is 0 Å². The molecule has 0 aliphatic heterocycles. The highest BCUT2D eigenvalue weighted by molar-refractivity contribution is 9.09. The average molecular weight is 178 g/mol. The molecule has 0 spiro atoms. The van der Waals surface area contributed by atoms with E-state index in [1.807, 2.05) is 0 Å². The maximum atomic E-state index is 5.76. The van der Waals surface area contributed by atoms with E-state index in [0.29, 0.717) is 6.04 Å². The van der Waals surface area contributed by atoms with Gasteiger partial charge in [-0.05, 0) is 18.8 Å². The van der Waals surface area contributed by atoms with Crippen molar-refractivity contribution in [1.82, 2.24) is 0 Å². The molecule has 8 heavy (non-hydrogen) atoms. The Balaban J connectivity index is 2.30. The molecule has 0 amide bonds. The fraction of sp³-hybridized carbons (Fsp3) is 1.00. The molecule has 1 nitrogen and oxygen atoms in total. The van der Waals surface area contributed by atoms with E-state index in [0.717, 1.165) is 11.2 Å². The summed E-state index contributed by atoms with van der Waals surface area (Å²) in [6.45, 7) is 0. The Morgan fingerprint density at radius 1 is 1.50 bits per heavy atom. The number of halogens is 1. The molecule has 0 aromatic heterocycles. The fourth-order valence-electron chi connectivity index (χ4n) is 1.26. The van der Waals surface area contributed by atoms with Crippen LogP contribution in [0.5, 0.6) is 0 Å². The van der Waals surface area contributed by atoms with E-state index in [9.17, 15) is 0 Å². The molecule has 2 unspecified atom stereocenters. The summed E-state index contributed by atoms with van der Waals surface area (Å²) in [5.74, 6) is 0.759. The van der Waals surface area contributed by atoms with Crippen LogP contribution in [0.2, 0.25) is 0 Å². The molecule has 1 aliphatic carbocycles. The molecule has 2 atom stereocenters. The number of nitrogens with two attached hydrogens (primary N) is 1. The molecular formula is C6H12BrN. The monoisotopic (exact) mass is 177 g/mol. The molecule has 0 aromatic carbocycles. The van der Waals surface area contributed by atoms with Gasteiger partial charge in [0.2, 0.25) is 0 Å². The third kappa shape index (κ3) is 1.23. The lowest BCUT2D eigenvalue weighted by Crippen LogP contribution is -2.24. The Morgan fingerprint density at radius 3 is 2.50 bits per heavy atom. The van der Waals surface area contributed by atoms with Gasteiger partial charge in [0.1, 0.15) is 0 Å². The van der Waals surface area contributed by atoms with Crippen molar-refractivity contribution >= 4 is 15.9 Å². The van der Waals surface area contributed by atoms with E-state index in [-0.39, 0.29) is 0 Å². The van der Waals surface area contributed by atoms with Crippen LogP contribution in [0, 0.1) is 5.92 Å². The van der Waals surface area contributed by atoms with Gasteiger partial charge in [0.25, 0.3) is 0 Å². The Morgan fingerprint density at radius 2 is 2.25 bits per heavy atom. The van der Waals surface area contributed by atoms with Gasteiger partial charge in [0.15, 0.2) is 0 Å². The van der Waals surface area contributed by atoms with E-state index < -0.39 is 0 Å². The second kappa shape index (κ2) is 2.83. The second-order valence-electron chi connectivity index (χ2n) is 2.51. The third-order valence-electron chi connectivity index (χ3n) is 1.92. The van der Waals surface area contributed by atoms with E-state index in [1.54, 1.807) is 0 Å². The summed E-state index contributed by atoms with van der Waals surface area (Å²) in [7, 11) is 0. The Labute approximate surface area is 58.8 Å². The molecule has 1 aliphatic rings. The molecule has 2 heteroatoms. The van der Waals surface area contributed by atoms with Crippen molar-refractivity contribution in [2.45, 2.75) is 25.3 Å². The topological polar surface area (TPSA) is 26.0 Å². The summed E-state index contributed by atoms with van der Waals surface area (Å²) in [5, 5.41) is 1.09. The number of rotatable bonds is 1. The number of hydrogen-bond acceptors (Lipinski definition) is 1. The molecule has 0 aromatic rings. The van der Waals surface area contributed by atoms with Crippen LogP contribution < -0.4 is 5.73 Å². The lowest BCUT2D eigenvalue weighted by molar-refractivity contribution is 0.539. The van der Waals surface area contributed by atoms with Gasteiger partial charge in [-0.1, -0.05) is 22.4 Å². The van der Waals surface area contributed by atoms with Crippen molar-refractivity contribution in [2.24, 2.45) is 11.7 Å². The van der Waals surface area contributed by atoms with E-state index >= 15 is 0 Å².